The molecule has 4 aromatic rings. The molecule has 0 aliphatic carbocycles. The fourth-order valence-electron chi connectivity index (χ4n) is 3.19. The van der Waals surface area contributed by atoms with Crippen molar-refractivity contribution in [1.82, 2.24) is 19.7 Å². The quantitative estimate of drug-likeness (QED) is 0.332. The highest BCUT2D eigenvalue weighted by molar-refractivity contribution is 7.99. The number of pyridine rings is 1. The van der Waals surface area contributed by atoms with Crippen molar-refractivity contribution >= 4 is 35.0 Å². The van der Waals surface area contributed by atoms with Crippen LogP contribution in [0.3, 0.4) is 0 Å². The number of para-hydroxylation sites is 1. The number of benzene rings is 2. The zero-order valence-electron chi connectivity index (χ0n) is 16.6. The van der Waals surface area contributed by atoms with Gasteiger partial charge in [0.1, 0.15) is 0 Å². The monoisotopic (exact) mass is 465 g/mol. The van der Waals surface area contributed by atoms with Gasteiger partial charge in [-0.15, -0.1) is 10.2 Å². The van der Waals surface area contributed by atoms with Crippen LogP contribution in [0.15, 0.2) is 72.0 Å². The van der Waals surface area contributed by atoms with Gasteiger partial charge >= 0.3 is 0 Å². The molecule has 5 rings (SSSR count). The maximum absolute atomic E-state index is 12.5. The number of carbonyl (C=O) groups is 1. The summed E-state index contributed by atoms with van der Waals surface area (Å²) in [6.45, 7) is 0.196. The van der Waals surface area contributed by atoms with Gasteiger partial charge in [0.05, 0.1) is 11.4 Å². The Bertz CT molecular complexity index is 1280. The Kier molecular flexibility index (Phi) is 5.66. The lowest BCUT2D eigenvalue weighted by atomic mass is 10.2. The number of ether oxygens (including phenoxy) is 2. The smallest absolute Gasteiger partial charge is 0.234 e. The summed E-state index contributed by atoms with van der Waals surface area (Å²) in [5.41, 5.74) is 2.16. The molecular formula is C22H16ClN5O3S. The number of nitrogens with zero attached hydrogens (tertiary/aromatic N) is 4. The summed E-state index contributed by atoms with van der Waals surface area (Å²) in [4.78, 5) is 16.4. The van der Waals surface area contributed by atoms with Crippen LogP contribution >= 0.6 is 23.4 Å². The molecule has 0 spiro atoms. The lowest BCUT2D eigenvalue weighted by Crippen LogP contribution is -2.15. The minimum Gasteiger partial charge on any atom is -0.454 e. The Labute approximate surface area is 192 Å². The third kappa shape index (κ3) is 4.12. The number of anilines is 1. The molecule has 0 unspecified atom stereocenters. The number of aromatic nitrogens is 4. The first-order valence-corrected chi connectivity index (χ1v) is 11.0. The van der Waals surface area contributed by atoms with E-state index in [1.54, 1.807) is 18.3 Å². The Morgan fingerprint density at radius 2 is 1.91 bits per heavy atom. The van der Waals surface area contributed by atoms with Crippen LogP contribution < -0.4 is 14.8 Å². The van der Waals surface area contributed by atoms with E-state index in [1.165, 1.54) is 11.8 Å². The van der Waals surface area contributed by atoms with Crippen LogP contribution in [0, 0.1) is 0 Å². The summed E-state index contributed by atoms with van der Waals surface area (Å²) in [6.07, 6.45) is 1.56. The molecule has 0 fully saturated rings. The summed E-state index contributed by atoms with van der Waals surface area (Å²) < 4.78 is 12.8. The van der Waals surface area contributed by atoms with Crippen molar-refractivity contribution in [3.63, 3.8) is 0 Å². The summed E-state index contributed by atoms with van der Waals surface area (Å²) in [7, 11) is 0. The number of nitrogens with one attached hydrogen (secondary N) is 1. The van der Waals surface area contributed by atoms with Gasteiger partial charge in [0.15, 0.2) is 27.6 Å². The van der Waals surface area contributed by atoms with Crippen LogP contribution in [0.4, 0.5) is 5.69 Å². The first-order chi connectivity index (χ1) is 15.7. The van der Waals surface area contributed by atoms with E-state index in [0.717, 1.165) is 11.3 Å². The van der Waals surface area contributed by atoms with E-state index in [-0.39, 0.29) is 23.6 Å². The SMILES string of the molecule is O=C(CSc1nnc(-c2ccc3c(c2)OCO3)n1-c1ccccc1)Nc1cccnc1Cl. The van der Waals surface area contributed by atoms with Crippen LogP contribution in [-0.4, -0.2) is 38.2 Å². The van der Waals surface area contributed by atoms with Crippen LogP contribution in [0.5, 0.6) is 11.5 Å². The maximum atomic E-state index is 12.5. The first kappa shape index (κ1) is 20.3. The number of halogens is 1. The predicted molar refractivity (Wildman–Crippen MR) is 122 cm³/mol. The third-order valence-corrected chi connectivity index (χ3v) is 5.87. The molecule has 3 heterocycles. The molecule has 1 aliphatic rings. The molecule has 8 nitrogen and oxygen atoms in total. The average molecular weight is 466 g/mol. The molecule has 1 N–H and O–H groups in total. The van der Waals surface area contributed by atoms with E-state index in [0.29, 0.717) is 28.2 Å². The fourth-order valence-corrected chi connectivity index (χ4v) is 4.11. The third-order valence-electron chi connectivity index (χ3n) is 4.64. The molecule has 10 heteroatoms. The lowest BCUT2D eigenvalue weighted by Gasteiger charge is -2.11. The van der Waals surface area contributed by atoms with E-state index in [9.17, 15) is 4.79 Å². The number of hydrogen-bond donors (Lipinski definition) is 1. The van der Waals surface area contributed by atoms with Crippen LogP contribution in [-0.2, 0) is 4.79 Å². The highest BCUT2D eigenvalue weighted by Gasteiger charge is 2.20. The van der Waals surface area contributed by atoms with Crippen LogP contribution in [0.25, 0.3) is 17.1 Å². The minimum absolute atomic E-state index is 0.122. The molecule has 2 aromatic heterocycles. The lowest BCUT2D eigenvalue weighted by molar-refractivity contribution is -0.113. The number of carbonyl (C=O) groups excluding carboxylic acids is 1. The topological polar surface area (TPSA) is 91.2 Å². The highest BCUT2D eigenvalue weighted by Crippen LogP contribution is 2.37. The summed E-state index contributed by atoms with van der Waals surface area (Å²) in [6, 6.07) is 18.7. The molecule has 0 atom stereocenters. The highest BCUT2D eigenvalue weighted by atomic mass is 35.5. The number of fused-ring (bicyclic) bond motifs is 1. The number of rotatable bonds is 6. The van der Waals surface area contributed by atoms with Gasteiger partial charge in [-0.1, -0.05) is 41.6 Å². The average Bonchev–Trinajstić information content (AvgIpc) is 3.46. The van der Waals surface area contributed by atoms with E-state index < -0.39 is 0 Å². The van der Waals surface area contributed by atoms with Crippen molar-refractivity contribution in [2.75, 3.05) is 17.9 Å². The van der Waals surface area contributed by atoms with Gasteiger partial charge in [-0.2, -0.15) is 0 Å². The van der Waals surface area contributed by atoms with Crippen molar-refractivity contribution in [2.24, 2.45) is 0 Å². The van der Waals surface area contributed by atoms with Gasteiger partial charge in [-0.05, 0) is 42.5 Å². The standard InChI is InChI=1S/C22H16ClN5O3S/c23-20-16(7-4-10-24-20)25-19(29)12-32-22-27-26-21(28(22)15-5-2-1-3-6-15)14-8-9-17-18(11-14)31-13-30-17/h1-11H,12-13H2,(H,25,29). The first-order valence-electron chi connectivity index (χ1n) is 9.63. The van der Waals surface area contributed by atoms with Crippen molar-refractivity contribution in [3.8, 4) is 28.6 Å². The molecule has 32 heavy (non-hydrogen) atoms. The second-order valence-corrected chi connectivity index (χ2v) is 8.02. The van der Waals surface area contributed by atoms with E-state index in [2.05, 4.69) is 20.5 Å². The normalized spacial score (nSPS) is 12.0. The van der Waals surface area contributed by atoms with Gasteiger partial charge < -0.3 is 14.8 Å². The zero-order chi connectivity index (χ0) is 21.9. The van der Waals surface area contributed by atoms with E-state index in [1.807, 2.05) is 53.1 Å². The second-order valence-electron chi connectivity index (χ2n) is 6.72. The fraction of sp³-hybridized carbons (Fsp3) is 0.0909. The van der Waals surface area contributed by atoms with Crippen LogP contribution in [0.2, 0.25) is 5.15 Å². The van der Waals surface area contributed by atoms with Gasteiger partial charge in [-0.25, -0.2) is 4.98 Å². The predicted octanol–water partition coefficient (Wildman–Crippen LogP) is 4.44. The van der Waals surface area contributed by atoms with Gasteiger partial charge in [-0.3, -0.25) is 9.36 Å². The summed E-state index contributed by atoms with van der Waals surface area (Å²) in [5.74, 6) is 1.88. The van der Waals surface area contributed by atoms with Crippen molar-refractivity contribution in [2.45, 2.75) is 5.16 Å². The molecule has 1 aliphatic heterocycles. The Morgan fingerprint density at radius 3 is 2.75 bits per heavy atom. The van der Waals surface area contributed by atoms with Crippen molar-refractivity contribution in [3.05, 3.63) is 72.0 Å². The maximum Gasteiger partial charge on any atom is 0.234 e. The van der Waals surface area contributed by atoms with Gasteiger partial charge in [0.25, 0.3) is 0 Å². The van der Waals surface area contributed by atoms with Crippen molar-refractivity contribution < 1.29 is 14.3 Å². The van der Waals surface area contributed by atoms with Crippen molar-refractivity contribution in [1.29, 1.82) is 0 Å². The molecule has 1 amide bonds. The molecular weight excluding hydrogens is 450 g/mol. The van der Waals surface area contributed by atoms with E-state index >= 15 is 0 Å². The number of amides is 1. The summed E-state index contributed by atoms with van der Waals surface area (Å²) >= 11 is 7.30. The van der Waals surface area contributed by atoms with Crippen LogP contribution in [0.1, 0.15) is 0 Å². The molecule has 0 radical (unpaired) electrons. The number of hydrogen-bond acceptors (Lipinski definition) is 7. The Hall–Kier alpha value is -3.56. The molecule has 0 saturated heterocycles. The molecule has 0 saturated carbocycles. The van der Waals surface area contributed by atoms with Gasteiger partial charge in [0.2, 0.25) is 12.7 Å². The molecule has 160 valence electrons. The number of thioether (sulfide) groups is 1. The van der Waals surface area contributed by atoms with E-state index in [4.69, 9.17) is 21.1 Å². The minimum atomic E-state index is -0.225. The largest absolute Gasteiger partial charge is 0.454 e. The zero-order valence-corrected chi connectivity index (χ0v) is 18.1. The molecule has 2 aromatic carbocycles. The Morgan fingerprint density at radius 1 is 1.06 bits per heavy atom. The second kappa shape index (κ2) is 8.89. The summed E-state index contributed by atoms with van der Waals surface area (Å²) in [5, 5.41) is 12.3. The Balaban J connectivity index is 1.43. The van der Waals surface area contributed by atoms with Gasteiger partial charge in [0, 0.05) is 17.4 Å². The molecule has 0 bridgehead atoms.